The van der Waals surface area contributed by atoms with Crippen molar-refractivity contribution in [2.24, 2.45) is 11.1 Å². The smallest absolute Gasteiger partial charge is 0.0627 e. The van der Waals surface area contributed by atoms with Crippen LogP contribution in [0.4, 0.5) is 0 Å². The molecule has 0 unspecified atom stereocenters. The van der Waals surface area contributed by atoms with Crippen LogP contribution in [0.2, 0.25) is 0 Å². The van der Waals surface area contributed by atoms with E-state index in [1.807, 2.05) is 6.08 Å². The molecule has 1 saturated heterocycles. The average molecular weight is 182 g/mol. The summed E-state index contributed by atoms with van der Waals surface area (Å²) in [5, 5.41) is 12.1. The minimum Gasteiger partial charge on any atom is -0.411 e. The monoisotopic (exact) mass is 182 g/mol. The van der Waals surface area contributed by atoms with E-state index in [1.54, 1.807) is 0 Å². The summed E-state index contributed by atoms with van der Waals surface area (Å²) in [4.78, 5) is 2.35. The molecule has 1 rings (SSSR count). The summed E-state index contributed by atoms with van der Waals surface area (Å²) >= 11 is 0. The molecule has 0 radical (unpaired) electrons. The largest absolute Gasteiger partial charge is 0.411 e. The first-order chi connectivity index (χ1) is 6.19. The first kappa shape index (κ1) is 10.3. The van der Waals surface area contributed by atoms with Crippen LogP contribution >= 0.6 is 0 Å². The summed E-state index contributed by atoms with van der Waals surface area (Å²) in [6.07, 6.45) is 2.79. The number of rotatable bonds is 2. The standard InChI is InChI=1S/C10H18N2O/c1-4-5-12-7-8(2)10(11-13)6-9(12)3/h4,8-9,13H,1,5-7H2,2-3H3/b11-10-/t8-,9-/m0/s1. The number of oxime groups is 1. The van der Waals surface area contributed by atoms with Crippen LogP contribution in [0.3, 0.4) is 0 Å². The first-order valence-electron chi connectivity index (χ1n) is 4.74. The molecule has 0 amide bonds. The van der Waals surface area contributed by atoms with Crippen molar-refractivity contribution < 1.29 is 5.21 Å². The molecule has 0 aromatic heterocycles. The van der Waals surface area contributed by atoms with Crippen molar-refractivity contribution >= 4 is 5.71 Å². The summed E-state index contributed by atoms with van der Waals surface area (Å²) in [5.41, 5.74) is 0.924. The van der Waals surface area contributed by atoms with Gasteiger partial charge < -0.3 is 5.21 Å². The van der Waals surface area contributed by atoms with Gasteiger partial charge in [-0.2, -0.15) is 0 Å². The van der Waals surface area contributed by atoms with Gasteiger partial charge in [0.25, 0.3) is 0 Å². The van der Waals surface area contributed by atoms with Gasteiger partial charge in [-0.15, -0.1) is 6.58 Å². The van der Waals surface area contributed by atoms with Crippen LogP contribution < -0.4 is 0 Å². The third-order valence-corrected chi connectivity index (χ3v) is 2.70. The van der Waals surface area contributed by atoms with Crippen LogP contribution in [0.5, 0.6) is 0 Å². The lowest BCUT2D eigenvalue weighted by molar-refractivity contribution is 0.195. The van der Waals surface area contributed by atoms with Gasteiger partial charge in [-0.25, -0.2) is 0 Å². The molecule has 0 aromatic carbocycles. The van der Waals surface area contributed by atoms with Crippen molar-refractivity contribution in [3.63, 3.8) is 0 Å². The van der Waals surface area contributed by atoms with Gasteiger partial charge >= 0.3 is 0 Å². The van der Waals surface area contributed by atoms with E-state index < -0.39 is 0 Å². The normalized spacial score (nSPS) is 33.5. The Balaban J connectivity index is 2.61. The van der Waals surface area contributed by atoms with Gasteiger partial charge in [-0.05, 0) is 6.92 Å². The van der Waals surface area contributed by atoms with Gasteiger partial charge in [0, 0.05) is 31.5 Å². The highest BCUT2D eigenvalue weighted by molar-refractivity contribution is 5.87. The van der Waals surface area contributed by atoms with E-state index in [0.29, 0.717) is 12.0 Å². The maximum absolute atomic E-state index is 8.74. The number of hydrogen-bond donors (Lipinski definition) is 1. The zero-order valence-corrected chi connectivity index (χ0v) is 8.40. The van der Waals surface area contributed by atoms with Crippen LogP contribution in [-0.4, -0.2) is 35.0 Å². The summed E-state index contributed by atoms with van der Waals surface area (Å²) < 4.78 is 0. The third kappa shape index (κ3) is 2.31. The molecule has 3 nitrogen and oxygen atoms in total. The quantitative estimate of drug-likeness (QED) is 0.401. The topological polar surface area (TPSA) is 35.8 Å². The van der Waals surface area contributed by atoms with Gasteiger partial charge in [-0.3, -0.25) is 4.90 Å². The van der Waals surface area contributed by atoms with E-state index in [0.717, 1.165) is 25.2 Å². The van der Waals surface area contributed by atoms with E-state index in [-0.39, 0.29) is 0 Å². The molecule has 0 bridgehead atoms. The molecule has 1 fully saturated rings. The zero-order chi connectivity index (χ0) is 9.84. The fraction of sp³-hybridized carbons (Fsp3) is 0.700. The third-order valence-electron chi connectivity index (χ3n) is 2.70. The molecule has 0 aliphatic carbocycles. The Hall–Kier alpha value is -0.830. The number of piperidine rings is 1. The molecule has 74 valence electrons. The SMILES string of the molecule is C=CCN1C[C@H](C)/C(=N\O)C[C@@H]1C. The van der Waals surface area contributed by atoms with Crippen molar-refractivity contribution in [1.29, 1.82) is 0 Å². The van der Waals surface area contributed by atoms with Crippen molar-refractivity contribution in [3.8, 4) is 0 Å². The maximum Gasteiger partial charge on any atom is 0.0627 e. The van der Waals surface area contributed by atoms with Crippen LogP contribution in [0, 0.1) is 5.92 Å². The van der Waals surface area contributed by atoms with Crippen LogP contribution in [-0.2, 0) is 0 Å². The van der Waals surface area contributed by atoms with E-state index in [9.17, 15) is 0 Å². The summed E-state index contributed by atoms with van der Waals surface area (Å²) in [6.45, 7) is 9.87. The Morgan fingerprint density at radius 1 is 1.69 bits per heavy atom. The molecule has 1 aliphatic heterocycles. The average Bonchev–Trinajstić information content (AvgIpc) is 2.11. The van der Waals surface area contributed by atoms with Gasteiger partial charge in [0.05, 0.1) is 5.71 Å². The molecular formula is C10H18N2O. The molecule has 1 aliphatic rings. The molecule has 0 spiro atoms. The molecule has 13 heavy (non-hydrogen) atoms. The zero-order valence-electron chi connectivity index (χ0n) is 8.40. The highest BCUT2D eigenvalue weighted by atomic mass is 16.4. The lowest BCUT2D eigenvalue weighted by Crippen LogP contribution is -2.45. The molecule has 1 N–H and O–H groups in total. The predicted octanol–water partition coefficient (Wildman–Crippen LogP) is 1.73. The van der Waals surface area contributed by atoms with E-state index in [1.165, 1.54) is 0 Å². The highest BCUT2D eigenvalue weighted by Gasteiger charge is 2.26. The maximum atomic E-state index is 8.74. The Morgan fingerprint density at radius 2 is 2.38 bits per heavy atom. The van der Waals surface area contributed by atoms with Crippen LogP contribution in [0.25, 0.3) is 0 Å². The summed E-state index contributed by atoms with van der Waals surface area (Å²) in [5.74, 6) is 0.362. The predicted molar refractivity (Wildman–Crippen MR) is 54.2 cm³/mol. The van der Waals surface area contributed by atoms with E-state index in [4.69, 9.17) is 5.21 Å². The van der Waals surface area contributed by atoms with E-state index in [2.05, 4.69) is 30.5 Å². The lowest BCUT2D eigenvalue weighted by atomic mass is 9.93. The molecule has 1 heterocycles. The van der Waals surface area contributed by atoms with E-state index >= 15 is 0 Å². The second-order valence-corrected chi connectivity index (χ2v) is 3.79. The second-order valence-electron chi connectivity index (χ2n) is 3.79. The number of likely N-dealkylation sites (tertiary alicyclic amines) is 1. The highest BCUT2D eigenvalue weighted by Crippen LogP contribution is 2.19. The Labute approximate surface area is 79.7 Å². The van der Waals surface area contributed by atoms with Crippen molar-refractivity contribution in [1.82, 2.24) is 4.90 Å². The van der Waals surface area contributed by atoms with Crippen LogP contribution in [0.1, 0.15) is 20.3 Å². The van der Waals surface area contributed by atoms with Crippen molar-refractivity contribution in [2.75, 3.05) is 13.1 Å². The molecular weight excluding hydrogens is 164 g/mol. The summed E-state index contributed by atoms with van der Waals surface area (Å²) in [7, 11) is 0. The second kappa shape index (κ2) is 4.42. The van der Waals surface area contributed by atoms with Gasteiger partial charge in [0.2, 0.25) is 0 Å². The van der Waals surface area contributed by atoms with Crippen molar-refractivity contribution in [3.05, 3.63) is 12.7 Å². The Kier molecular flexibility index (Phi) is 3.48. The summed E-state index contributed by atoms with van der Waals surface area (Å²) in [6, 6.07) is 0.458. The lowest BCUT2D eigenvalue weighted by Gasteiger charge is -2.36. The van der Waals surface area contributed by atoms with Gasteiger partial charge in [0.1, 0.15) is 0 Å². The minimum atomic E-state index is 0.362. The molecule has 0 saturated carbocycles. The fourth-order valence-corrected chi connectivity index (χ4v) is 1.83. The Morgan fingerprint density at radius 3 is 2.92 bits per heavy atom. The Bertz CT molecular complexity index is 213. The number of nitrogens with zero attached hydrogens (tertiary/aromatic N) is 2. The van der Waals surface area contributed by atoms with Crippen molar-refractivity contribution in [2.45, 2.75) is 26.3 Å². The molecule has 2 atom stereocenters. The molecule has 3 heteroatoms. The van der Waals surface area contributed by atoms with Gasteiger partial charge in [0.15, 0.2) is 0 Å². The van der Waals surface area contributed by atoms with Crippen LogP contribution in [0.15, 0.2) is 17.8 Å². The first-order valence-corrected chi connectivity index (χ1v) is 4.74. The number of hydrogen-bond acceptors (Lipinski definition) is 3. The minimum absolute atomic E-state index is 0.362. The fourth-order valence-electron chi connectivity index (χ4n) is 1.83. The van der Waals surface area contributed by atoms with Gasteiger partial charge in [-0.1, -0.05) is 18.2 Å². The molecule has 0 aromatic rings.